The van der Waals surface area contributed by atoms with Gasteiger partial charge in [-0.05, 0) is 36.8 Å². The Morgan fingerprint density at radius 3 is 1.80 bits per heavy atom. The number of hydrazine groups is 1. The lowest BCUT2D eigenvalue weighted by Crippen LogP contribution is -2.41. The van der Waals surface area contributed by atoms with E-state index in [1.165, 1.54) is 24.3 Å². The molecule has 0 saturated carbocycles. The number of nitrogens with zero attached hydrogens (tertiary/aromatic N) is 1. The standard InChI is InChI=1S/C20H16F6N4O5/c21-19(22,23)12-8-11(9-13(10-12)20(24,25)26)18(33)29-28-17(32)3-1-2-16(31)27-14-4-6-15(7-5-14)30(34)35/h4-10H,1-3H2,(H,27,31)(H,28,32)(H,29,33). The smallest absolute Gasteiger partial charge is 0.326 e. The summed E-state index contributed by atoms with van der Waals surface area (Å²) >= 11 is 0. The van der Waals surface area contributed by atoms with Gasteiger partial charge in [-0.1, -0.05) is 0 Å². The molecule has 0 fully saturated rings. The molecule has 9 nitrogen and oxygen atoms in total. The first-order valence-corrected chi connectivity index (χ1v) is 9.60. The largest absolute Gasteiger partial charge is 0.416 e. The highest BCUT2D eigenvalue weighted by molar-refractivity contribution is 5.96. The quantitative estimate of drug-likeness (QED) is 0.294. The number of nitro groups is 1. The number of non-ortho nitro benzene ring substituents is 1. The van der Waals surface area contributed by atoms with E-state index in [-0.39, 0.29) is 48.8 Å². The highest BCUT2D eigenvalue weighted by atomic mass is 19.4. The molecule has 188 valence electrons. The summed E-state index contributed by atoms with van der Waals surface area (Å²) in [5.41, 5.74) is -0.704. The highest BCUT2D eigenvalue weighted by Crippen LogP contribution is 2.36. The van der Waals surface area contributed by atoms with Gasteiger partial charge in [-0.3, -0.25) is 35.3 Å². The Balaban J connectivity index is 1.86. The van der Waals surface area contributed by atoms with Crippen LogP contribution in [-0.2, 0) is 21.9 Å². The van der Waals surface area contributed by atoms with Crippen molar-refractivity contribution >= 4 is 29.1 Å². The second-order valence-electron chi connectivity index (χ2n) is 7.00. The topological polar surface area (TPSA) is 130 Å². The van der Waals surface area contributed by atoms with Crippen molar-refractivity contribution in [1.29, 1.82) is 0 Å². The van der Waals surface area contributed by atoms with Crippen LogP contribution in [0.15, 0.2) is 42.5 Å². The fourth-order valence-electron chi connectivity index (χ4n) is 2.65. The monoisotopic (exact) mass is 506 g/mol. The fraction of sp³-hybridized carbons (Fsp3) is 0.250. The molecule has 3 N–H and O–H groups in total. The Bertz CT molecular complexity index is 1080. The van der Waals surface area contributed by atoms with Crippen LogP contribution in [-0.4, -0.2) is 22.6 Å². The van der Waals surface area contributed by atoms with Crippen LogP contribution in [0.1, 0.15) is 40.7 Å². The molecule has 2 aromatic carbocycles. The fourth-order valence-corrected chi connectivity index (χ4v) is 2.65. The predicted molar refractivity (Wildman–Crippen MR) is 108 cm³/mol. The lowest BCUT2D eigenvalue weighted by molar-refractivity contribution is -0.384. The van der Waals surface area contributed by atoms with Gasteiger partial charge < -0.3 is 5.32 Å². The molecular weight excluding hydrogens is 490 g/mol. The number of nitrogens with one attached hydrogen (secondary N) is 3. The first kappa shape index (κ1) is 27.1. The zero-order valence-corrected chi connectivity index (χ0v) is 17.4. The molecule has 35 heavy (non-hydrogen) atoms. The summed E-state index contributed by atoms with van der Waals surface area (Å²) in [4.78, 5) is 45.6. The minimum atomic E-state index is -5.14. The first-order valence-electron chi connectivity index (χ1n) is 9.60. The van der Waals surface area contributed by atoms with Crippen molar-refractivity contribution in [2.45, 2.75) is 31.6 Å². The molecule has 0 unspecified atom stereocenters. The van der Waals surface area contributed by atoms with Gasteiger partial charge in [0.25, 0.3) is 11.6 Å². The molecule has 0 radical (unpaired) electrons. The Labute approximate surface area is 192 Å². The van der Waals surface area contributed by atoms with Crippen LogP contribution in [0.4, 0.5) is 37.7 Å². The van der Waals surface area contributed by atoms with Gasteiger partial charge in [0, 0.05) is 36.2 Å². The number of carbonyl (C=O) groups is 3. The molecule has 0 saturated heterocycles. The maximum atomic E-state index is 12.9. The molecule has 0 aliphatic heterocycles. The van der Waals surface area contributed by atoms with Crippen LogP contribution in [0.5, 0.6) is 0 Å². The van der Waals surface area contributed by atoms with Crippen LogP contribution in [0, 0.1) is 10.1 Å². The number of carbonyl (C=O) groups excluding carboxylic acids is 3. The van der Waals surface area contributed by atoms with Crippen LogP contribution < -0.4 is 16.2 Å². The molecule has 0 heterocycles. The van der Waals surface area contributed by atoms with E-state index < -0.39 is 51.7 Å². The van der Waals surface area contributed by atoms with E-state index in [1.54, 1.807) is 5.43 Å². The zero-order valence-electron chi connectivity index (χ0n) is 17.4. The minimum Gasteiger partial charge on any atom is -0.326 e. The van der Waals surface area contributed by atoms with Gasteiger partial charge in [-0.25, -0.2) is 0 Å². The summed E-state index contributed by atoms with van der Waals surface area (Å²) in [6.07, 6.45) is -10.8. The minimum absolute atomic E-state index is 0.0255. The maximum absolute atomic E-state index is 12.9. The maximum Gasteiger partial charge on any atom is 0.416 e. The van der Waals surface area contributed by atoms with E-state index in [2.05, 4.69) is 5.32 Å². The van der Waals surface area contributed by atoms with Crippen LogP contribution >= 0.6 is 0 Å². The average molecular weight is 506 g/mol. The van der Waals surface area contributed by atoms with Gasteiger partial charge in [0.1, 0.15) is 0 Å². The van der Waals surface area contributed by atoms with Crippen LogP contribution in [0.2, 0.25) is 0 Å². The number of hydrogen-bond donors (Lipinski definition) is 3. The Morgan fingerprint density at radius 2 is 1.31 bits per heavy atom. The van der Waals surface area contributed by atoms with Crippen molar-refractivity contribution < 1.29 is 45.6 Å². The molecule has 0 aliphatic rings. The Morgan fingerprint density at radius 1 is 0.800 bits per heavy atom. The lowest BCUT2D eigenvalue weighted by atomic mass is 10.0. The summed E-state index contributed by atoms with van der Waals surface area (Å²) in [6, 6.07) is 5.23. The number of halogens is 6. The third-order valence-electron chi connectivity index (χ3n) is 4.33. The van der Waals surface area contributed by atoms with Gasteiger partial charge >= 0.3 is 12.4 Å². The molecule has 0 aliphatic carbocycles. The number of amides is 3. The second kappa shape index (κ2) is 10.8. The molecule has 0 aromatic heterocycles. The molecule has 15 heteroatoms. The van der Waals surface area contributed by atoms with Crippen molar-refractivity contribution in [1.82, 2.24) is 10.9 Å². The predicted octanol–water partition coefficient (Wildman–Crippen LogP) is 4.20. The van der Waals surface area contributed by atoms with Gasteiger partial charge in [0.15, 0.2) is 0 Å². The molecule has 0 bridgehead atoms. The van der Waals surface area contributed by atoms with Gasteiger partial charge in [-0.2, -0.15) is 26.3 Å². The van der Waals surface area contributed by atoms with Crippen LogP contribution in [0.25, 0.3) is 0 Å². The molecule has 3 amide bonds. The second-order valence-corrected chi connectivity index (χ2v) is 7.00. The number of anilines is 1. The Kier molecular flexibility index (Phi) is 8.38. The Hall–Kier alpha value is -4.17. The van der Waals surface area contributed by atoms with Crippen LogP contribution in [0.3, 0.4) is 0 Å². The summed E-state index contributed by atoms with van der Waals surface area (Å²) in [5.74, 6) is -2.80. The third-order valence-corrected chi connectivity index (χ3v) is 4.33. The zero-order chi connectivity index (χ0) is 26.4. The lowest BCUT2D eigenvalue weighted by Gasteiger charge is -2.14. The molecule has 2 aromatic rings. The average Bonchev–Trinajstić information content (AvgIpc) is 2.76. The van der Waals surface area contributed by atoms with E-state index in [4.69, 9.17) is 0 Å². The van der Waals surface area contributed by atoms with Crippen molar-refractivity contribution in [3.63, 3.8) is 0 Å². The van der Waals surface area contributed by atoms with Crippen molar-refractivity contribution in [2.75, 3.05) is 5.32 Å². The van der Waals surface area contributed by atoms with E-state index >= 15 is 0 Å². The molecular formula is C20H16F6N4O5. The van der Waals surface area contributed by atoms with Crippen molar-refractivity contribution in [3.8, 4) is 0 Å². The SMILES string of the molecule is O=C(CCCC(=O)Nc1ccc([N+](=O)[O-])cc1)NNC(=O)c1cc(C(F)(F)F)cc(C(F)(F)F)c1. The summed E-state index contributed by atoms with van der Waals surface area (Å²) in [6.45, 7) is 0. The molecule has 2 rings (SSSR count). The van der Waals surface area contributed by atoms with E-state index in [0.717, 1.165) is 0 Å². The first-order chi connectivity index (χ1) is 16.2. The van der Waals surface area contributed by atoms with E-state index in [1.807, 2.05) is 5.43 Å². The number of nitro benzene ring substituents is 1. The van der Waals surface area contributed by atoms with Gasteiger partial charge in [-0.15, -0.1) is 0 Å². The van der Waals surface area contributed by atoms with Gasteiger partial charge in [0.05, 0.1) is 16.1 Å². The molecule has 0 spiro atoms. The molecule has 0 atom stereocenters. The summed E-state index contributed by atoms with van der Waals surface area (Å²) < 4.78 is 77.3. The number of benzene rings is 2. The highest BCUT2D eigenvalue weighted by Gasteiger charge is 2.37. The third kappa shape index (κ3) is 8.28. The number of alkyl halides is 6. The number of rotatable bonds is 7. The van der Waals surface area contributed by atoms with Gasteiger partial charge in [0.2, 0.25) is 11.8 Å². The summed E-state index contributed by atoms with van der Waals surface area (Å²) in [5, 5.41) is 13.0. The summed E-state index contributed by atoms with van der Waals surface area (Å²) in [7, 11) is 0. The van der Waals surface area contributed by atoms with Crippen molar-refractivity contribution in [2.24, 2.45) is 0 Å². The number of hydrogen-bond acceptors (Lipinski definition) is 5. The van der Waals surface area contributed by atoms with Crippen molar-refractivity contribution in [3.05, 3.63) is 69.3 Å². The normalized spacial score (nSPS) is 11.5. The van der Waals surface area contributed by atoms with E-state index in [9.17, 15) is 50.8 Å². The van der Waals surface area contributed by atoms with E-state index in [0.29, 0.717) is 0 Å².